The van der Waals surface area contributed by atoms with Gasteiger partial charge in [0.1, 0.15) is 6.54 Å². The van der Waals surface area contributed by atoms with Gasteiger partial charge in [-0.15, -0.1) is 0 Å². The predicted molar refractivity (Wildman–Crippen MR) is 139 cm³/mol. The smallest absolute Gasteiger partial charge is 0.271 e. The number of fused-ring (bicyclic) bond motifs is 1. The highest BCUT2D eigenvalue weighted by atomic mass is 16.2. The molecule has 3 aromatic carbocycles. The summed E-state index contributed by atoms with van der Waals surface area (Å²) in [5, 5.41) is 14.2. The number of aryl methyl sites for hydroxylation is 1. The van der Waals surface area contributed by atoms with Gasteiger partial charge >= 0.3 is 0 Å². The Bertz CT molecular complexity index is 1570. The van der Waals surface area contributed by atoms with Crippen molar-refractivity contribution in [3.8, 4) is 23.0 Å². The van der Waals surface area contributed by atoms with Crippen LogP contribution in [-0.4, -0.2) is 21.3 Å². The molecule has 1 N–H and O–H groups in total. The van der Waals surface area contributed by atoms with Crippen LogP contribution in [0.3, 0.4) is 0 Å². The number of hydrogen-bond acceptors (Lipinski definition) is 3. The number of hydrogen-bond donors (Lipinski definition) is 1. The fraction of sp³-hybridized carbons (Fsp3) is 0.0690. The monoisotopic (exact) mass is 457 g/mol. The van der Waals surface area contributed by atoms with Gasteiger partial charge in [0.05, 0.1) is 18.0 Å². The second-order valence-corrected chi connectivity index (χ2v) is 8.19. The van der Waals surface area contributed by atoms with Crippen molar-refractivity contribution < 1.29 is 4.79 Å². The van der Waals surface area contributed by atoms with E-state index in [-0.39, 0.29) is 12.5 Å². The minimum atomic E-state index is -0.291. The number of nitrogens with zero attached hydrogens (tertiary/aromatic N) is 4. The molecule has 5 aromatic rings. The van der Waals surface area contributed by atoms with Crippen molar-refractivity contribution in [3.05, 3.63) is 114 Å². The molecule has 0 bridgehead atoms. The van der Waals surface area contributed by atoms with Crippen molar-refractivity contribution >= 4 is 23.0 Å². The third-order valence-corrected chi connectivity index (χ3v) is 5.96. The topological polar surface area (TPSA) is 75.1 Å². The van der Waals surface area contributed by atoms with E-state index in [4.69, 9.17) is 5.26 Å². The summed E-state index contributed by atoms with van der Waals surface area (Å²) < 4.78 is 4.04. The number of hydrazone groups is 1. The van der Waals surface area contributed by atoms with E-state index in [0.29, 0.717) is 5.56 Å². The Morgan fingerprint density at radius 1 is 0.971 bits per heavy atom. The largest absolute Gasteiger partial charge is 0.333 e. The fourth-order valence-electron chi connectivity index (χ4n) is 4.29. The Morgan fingerprint density at radius 3 is 2.49 bits per heavy atom. The maximum absolute atomic E-state index is 12.7. The zero-order valence-electron chi connectivity index (χ0n) is 19.2. The lowest BCUT2D eigenvalue weighted by molar-refractivity contribution is 0.0955. The Kier molecular flexibility index (Phi) is 5.98. The highest BCUT2D eigenvalue weighted by Gasteiger charge is 2.11. The molecule has 2 aromatic heterocycles. The van der Waals surface area contributed by atoms with E-state index in [2.05, 4.69) is 52.4 Å². The van der Waals surface area contributed by atoms with Gasteiger partial charge < -0.3 is 9.13 Å². The molecular formula is C29H23N5O. The van der Waals surface area contributed by atoms with Crippen molar-refractivity contribution in [1.29, 1.82) is 5.26 Å². The number of benzene rings is 3. The molecule has 6 heteroatoms. The van der Waals surface area contributed by atoms with Gasteiger partial charge in [0.2, 0.25) is 0 Å². The molecule has 0 spiro atoms. The average molecular weight is 458 g/mol. The lowest BCUT2D eigenvalue weighted by atomic mass is 10.1. The molecule has 0 radical (unpaired) electrons. The standard InChI is InChI=1S/C29H23N5O/c1-21-11-16-27(22-7-3-2-4-8-22)34(21)25-14-12-23(13-15-25)29(35)32-31-19-24-20-33(18-17-30)28-10-6-5-9-26(24)28/h2-16,19-20H,18H2,1H3,(H,32,35)/b31-19+. The Labute approximate surface area is 203 Å². The lowest BCUT2D eigenvalue weighted by Gasteiger charge is -2.12. The third-order valence-electron chi connectivity index (χ3n) is 5.96. The average Bonchev–Trinajstić information content (AvgIpc) is 3.45. The summed E-state index contributed by atoms with van der Waals surface area (Å²) in [6.07, 6.45) is 3.47. The number of aromatic nitrogens is 2. The van der Waals surface area contributed by atoms with Crippen LogP contribution in [-0.2, 0) is 6.54 Å². The normalized spacial score (nSPS) is 11.1. The summed E-state index contributed by atoms with van der Waals surface area (Å²) in [6, 6.07) is 31.9. The van der Waals surface area contributed by atoms with Gasteiger partial charge in [-0.1, -0.05) is 48.5 Å². The Morgan fingerprint density at radius 2 is 1.71 bits per heavy atom. The lowest BCUT2D eigenvalue weighted by Crippen LogP contribution is -2.17. The van der Waals surface area contributed by atoms with E-state index in [1.807, 2.05) is 65.4 Å². The van der Waals surface area contributed by atoms with Crippen LogP contribution < -0.4 is 5.43 Å². The van der Waals surface area contributed by atoms with Crippen LogP contribution in [0.5, 0.6) is 0 Å². The molecule has 2 heterocycles. The summed E-state index contributed by atoms with van der Waals surface area (Å²) in [5.41, 5.74) is 9.24. The van der Waals surface area contributed by atoms with Crippen LogP contribution in [0.15, 0.2) is 102 Å². The van der Waals surface area contributed by atoms with E-state index in [1.165, 1.54) is 0 Å². The van der Waals surface area contributed by atoms with Gasteiger partial charge in [-0.05, 0) is 55.0 Å². The van der Waals surface area contributed by atoms with Crippen LogP contribution in [0.25, 0.3) is 27.8 Å². The quantitative estimate of drug-likeness (QED) is 0.263. The number of nitriles is 1. The van der Waals surface area contributed by atoms with E-state index in [1.54, 1.807) is 18.3 Å². The van der Waals surface area contributed by atoms with Crippen LogP contribution in [0, 0.1) is 18.3 Å². The number of rotatable bonds is 6. The number of nitrogens with one attached hydrogen (secondary N) is 1. The summed E-state index contributed by atoms with van der Waals surface area (Å²) >= 11 is 0. The first-order chi connectivity index (χ1) is 17.2. The second kappa shape index (κ2) is 9.54. The van der Waals surface area contributed by atoms with Gasteiger partial charge in [-0.25, -0.2) is 5.43 Å². The van der Waals surface area contributed by atoms with Crippen LogP contribution in [0.2, 0.25) is 0 Å². The van der Waals surface area contributed by atoms with Crippen molar-refractivity contribution in [2.24, 2.45) is 5.10 Å². The minimum Gasteiger partial charge on any atom is -0.333 e. The molecule has 0 aliphatic heterocycles. The minimum absolute atomic E-state index is 0.250. The van der Waals surface area contributed by atoms with E-state index in [9.17, 15) is 4.79 Å². The molecule has 170 valence electrons. The molecule has 35 heavy (non-hydrogen) atoms. The van der Waals surface area contributed by atoms with Gasteiger partial charge in [0, 0.05) is 39.6 Å². The van der Waals surface area contributed by atoms with Crippen molar-refractivity contribution in [3.63, 3.8) is 0 Å². The number of carbonyl (C=O) groups is 1. The predicted octanol–water partition coefficient (Wildman–Crippen LogP) is 5.69. The third kappa shape index (κ3) is 4.35. The maximum Gasteiger partial charge on any atom is 0.271 e. The Balaban J connectivity index is 1.33. The molecular weight excluding hydrogens is 434 g/mol. The van der Waals surface area contributed by atoms with Gasteiger partial charge in [-0.3, -0.25) is 4.79 Å². The molecule has 0 saturated heterocycles. The van der Waals surface area contributed by atoms with Crippen LogP contribution in [0.4, 0.5) is 0 Å². The fourth-order valence-corrected chi connectivity index (χ4v) is 4.29. The second-order valence-electron chi connectivity index (χ2n) is 8.19. The zero-order valence-corrected chi connectivity index (χ0v) is 19.2. The van der Waals surface area contributed by atoms with Gasteiger partial charge in [0.25, 0.3) is 5.91 Å². The number of carbonyl (C=O) groups excluding carboxylic acids is 1. The molecule has 5 rings (SSSR count). The molecule has 0 aliphatic carbocycles. The van der Waals surface area contributed by atoms with E-state index >= 15 is 0 Å². The molecule has 0 fully saturated rings. The molecule has 0 unspecified atom stereocenters. The highest BCUT2D eigenvalue weighted by Crippen LogP contribution is 2.26. The Hall–Kier alpha value is -4.89. The zero-order chi connectivity index (χ0) is 24.2. The maximum atomic E-state index is 12.7. The summed E-state index contributed by atoms with van der Waals surface area (Å²) in [7, 11) is 0. The van der Waals surface area contributed by atoms with Crippen LogP contribution in [0.1, 0.15) is 21.6 Å². The molecule has 6 nitrogen and oxygen atoms in total. The first-order valence-corrected chi connectivity index (χ1v) is 11.3. The summed E-state index contributed by atoms with van der Waals surface area (Å²) in [6.45, 7) is 2.31. The van der Waals surface area contributed by atoms with E-state index in [0.717, 1.165) is 39.1 Å². The van der Waals surface area contributed by atoms with Crippen molar-refractivity contribution in [2.45, 2.75) is 13.5 Å². The first-order valence-electron chi connectivity index (χ1n) is 11.3. The molecule has 0 atom stereocenters. The van der Waals surface area contributed by atoms with Crippen molar-refractivity contribution in [1.82, 2.24) is 14.6 Å². The van der Waals surface area contributed by atoms with Gasteiger partial charge in [0.15, 0.2) is 0 Å². The molecule has 0 saturated carbocycles. The van der Waals surface area contributed by atoms with Gasteiger partial charge in [-0.2, -0.15) is 10.4 Å². The van der Waals surface area contributed by atoms with Crippen molar-refractivity contribution in [2.75, 3.05) is 0 Å². The number of amides is 1. The first kappa shape index (κ1) is 21.9. The van der Waals surface area contributed by atoms with E-state index < -0.39 is 0 Å². The SMILES string of the molecule is Cc1ccc(-c2ccccc2)n1-c1ccc(C(=O)N/N=C/c2cn(CC#N)c3ccccc23)cc1. The molecule has 0 aliphatic rings. The van der Waals surface area contributed by atoms with Crippen LogP contribution >= 0.6 is 0 Å². The highest BCUT2D eigenvalue weighted by molar-refractivity contribution is 6.00. The summed E-state index contributed by atoms with van der Waals surface area (Å²) in [5.74, 6) is -0.291. The molecule has 1 amide bonds. The summed E-state index contributed by atoms with van der Waals surface area (Å²) in [4.78, 5) is 12.7. The number of para-hydroxylation sites is 1.